The number of nitrogens with zero attached hydrogens (tertiary/aromatic N) is 2. The van der Waals surface area contributed by atoms with Crippen molar-refractivity contribution in [3.8, 4) is 66.8 Å². The molecular weight excluding hydrogens is 1020 g/mol. The largest absolute Gasteiger partial charge is 0.355 e. The molecule has 0 amide bonds. The summed E-state index contributed by atoms with van der Waals surface area (Å²) in [5.41, 5.74) is 24.3. The van der Waals surface area contributed by atoms with Gasteiger partial charge in [-0.1, -0.05) is 267 Å². The quantitative estimate of drug-likeness (QED) is 0.132. The number of anilines is 8. The van der Waals surface area contributed by atoms with Gasteiger partial charge in [0.1, 0.15) is 0 Å². The molecule has 5 heteroatoms. The number of fused-ring (bicyclic) bond motifs is 15. The number of hydrogen-bond acceptors (Lipinski definition) is 3. The summed E-state index contributed by atoms with van der Waals surface area (Å²) in [5.74, 6) is 0. The number of hydrogen-bond donors (Lipinski definition) is 1. The summed E-state index contributed by atoms with van der Waals surface area (Å²) < 4.78 is 0. The summed E-state index contributed by atoms with van der Waals surface area (Å²) in [6, 6.07) is 120. The van der Waals surface area contributed by atoms with Crippen molar-refractivity contribution < 1.29 is 0 Å². The van der Waals surface area contributed by atoms with Crippen molar-refractivity contribution in [3.05, 3.63) is 328 Å². The van der Waals surface area contributed by atoms with Crippen LogP contribution < -0.4 is 35.9 Å². The summed E-state index contributed by atoms with van der Waals surface area (Å²) in [6.45, 7) is 0. The van der Waals surface area contributed by atoms with Crippen LogP contribution in [0.15, 0.2) is 328 Å². The predicted octanol–water partition coefficient (Wildman–Crippen LogP) is 18.0. The average Bonchev–Trinajstić information content (AvgIpc) is 3.53. The van der Waals surface area contributed by atoms with E-state index in [-0.39, 0.29) is 8.41 Å². The summed E-state index contributed by atoms with van der Waals surface area (Å²) in [5, 5.41) is 8.90. The number of para-hydroxylation sites is 6. The normalized spacial score (nSPS) is 12.0. The molecule has 3 aliphatic heterocycles. The second-order valence-electron chi connectivity index (χ2n) is 21.2. The van der Waals surface area contributed by atoms with Gasteiger partial charge in [0.2, 0.25) is 0 Å². The maximum atomic E-state index is 3.55. The van der Waals surface area contributed by atoms with Crippen molar-refractivity contribution in [1.29, 1.82) is 0 Å². The van der Waals surface area contributed by atoms with E-state index in [0.717, 1.165) is 11.4 Å². The van der Waals surface area contributed by atoms with Crippen molar-refractivity contribution in [2.45, 2.75) is 0 Å². The van der Waals surface area contributed by atoms with Crippen LogP contribution in [-0.2, 0) is 0 Å². The Morgan fingerprint density at radius 3 is 0.711 bits per heavy atom. The first-order valence-corrected chi connectivity index (χ1v) is 30.3. The zero-order chi connectivity index (χ0) is 54.4. The molecule has 0 spiro atoms. The van der Waals surface area contributed by atoms with Crippen molar-refractivity contribution in [2.75, 3.05) is 15.1 Å². The lowest BCUT2D eigenvalue weighted by molar-refractivity contribution is 1.30. The molecule has 3 radical (unpaired) electrons. The molecule has 0 fully saturated rings. The molecular formula is C78H55BN3Si. The van der Waals surface area contributed by atoms with Crippen LogP contribution in [0.2, 0.25) is 0 Å². The zero-order valence-electron chi connectivity index (χ0n) is 45.6. The molecule has 0 unspecified atom stereocenters. The molecule has 13 aromatic rings. The second-order valence-corrected chi connectivity index (χ2v) is 25.0. The van der Waals surface area contributed by atoms with Crippen LogP contribution in [0.3, 0.4) is 0 Å². The predicted molar refractivity (Wildman–Crippen MR) is 355 cm³/mol. The third kappa shape index (κ3) is 8.60. The van der Waals surface area contributed by atoms with Crippen LogP contribution in [0.4, 0.5) is 45.5 Å². The van der Waals surface area contributed by atoms with Gasteiger partial charge in [-0.2, -0.15) is 0 Å². The maximum Gasteiger partial charge on any atom is 0.179 e. The molecule has 0 saturated carbocycles. The van der Waals surface area contributed by atoms with Gasteiger partial charge in [0.05, 0.1) is 22.7 Å². The monoisotopic (exact) mass is 1070 g/mol. The van der Waals surface area contributed by atoms with Gasteiger partial charge in [-0.3, -0.25) is 0 Å². The lowest BCUT2D eigenvalue weighted by Gasteiger charge is -2.35. The van der Waals surface area contributed by atoms with Crippen molar-refractivity contribution in [1.82, 2.24) is 0 Å². The number of benzene rings is 13. The highest BCUT2D eigenvalue weighted by Gasteiger charge is 2.42. The molecule has 3 nitrogen and oxygen atoms in total. The van der Waals surface area contributed by atoms with Crippen LogP contribution in [0, 0.1) is 0 Å². The minimum atomic E-state index is -2.89. The molecule has 83 heavy (non-hydrogen) atoms. The molecule has 3 heterocycles. The SMILES string of the molecule is [B].c1ccc([Si](c2ccccc2)(c2ccc(N3c4ccccc4-c4ccccc4-c4ccccc43)cc2)c2ccc(N3c4ccccc4-c4ccccc4-c4ccccc43)cc2)cc1.c1ccc2c(c1)Nc1ccccc1-c1ccccc1-2. The van der Waals surface area contributed by atoms with E-state index < -0.39 is 8.07 Å². The van der Waals surface area contributed by atoms with Gasteiger partial charge < -0.3 is 15.1 Å². The number of rotatable bonds is 6. The first-order valence-electron chi connectivity index (χ1n) is 28.3. The molecule has 1 N–H and O–H groups in total. The van der Waals surface area contributed by atoms with Gasteiger partial charge in [0.25, 0.3) is 0 Å². The zero-order valence-corrected chi connectivity index (χ0v) is 46.6. The van der Waals surface area contributed by atoms with Gasteiger partial charge >= 0.3 is 0 Å². The van der Waals surface area contributed by atoms with Crippen LogP contribution >= 0.6 is 0 Å². The van der Waals surface area contributed by atoms with E-state index in [2.05, 4.69) is 343 Å². The Hall–Kier alpha value is -10.5. The second kappa shape index (κ2) is 21.5. The van der Waals surface area contributed by atoms with E-state index in [1.54, 1.807) is 0 Å². The summed E-state index contributed by atoms with van der Waals surface area (Å²) in [7, 11) is -2.89. The lowest BCUT2D eigenvalue weighted by Crippen LogP contribution is -2.74. The van der Waals surface area contributed by atoms with Gasteiger partial charge in [-0.05, 0) is 115 Å². The minimum Gasteiger partial charge on any atom is -0.355 e. The molecule has 3 aliphatic rings. The first kappa shape index (κ1) is 50.7. The minimum absolute atomic E-state index is 0. The molecule has 0 saturated heterocycles. The third-order valence-electron chi connectivity index (χ3n) is 16.8. The van der Waals surface area contributed by atoms with Gasteiger partial charge in [0, 0.05) is 64.5 Å². The highest BCUT2D eigenvalue weighted by atomic mass is 28.3. The number of nitrogens with one attached hydrogen (secondary N) is 1. The van der Waals surface area contributed by atoms with Crippen LogP contribution in [-0.4, -0.2) is 16.5 Å². The maximum absolute atomic E-state index is 3.55. The van der Waals surface area contributed by atoms with Crippen LogP contribution in [0.25, 0.3) is 66.8 Å². The lowest BCUT2D eigenvalue weighted by atomic mass is 9.95. The van der Waals surface area contributed by atoms with E-state index in [1.807, 2.05) is 0 Å². The topological polar surface area (TPSA) is 18.5 Å². The van der Waals surface area contributed by atoms with E-state index in [0.29, 0.717) is 0 Å². The standard InChI is InChI=1S/C60H42N2Si.C18H13N.B/c1-3-19-45(20-4-1)63(46-21-5-2-6-22-46,47-39-35-43(36-40-47)61-57-31-15-11-27-53(57)49-23-7-8-24-50(49)54-28-12-16-32-58(54)61)48-41-37-44(38-42-48)62-59-33-17-13-29-55(59)51-25-9-10-26-52(51)56-30-14-18-34-60(56)62;1-2-8-14-13(7-1)15-9-3-5-11-17(15)19-18-12-6-4-10-16(14)18;/h1-42H;1-12,19H;. The van der Waals surface area contributed by atoms with E-state index in [9.17, 15) is 0 Å². The fourth-order valence-electron chi connectivity index (χ4n) is 13.2. The van der Waals surface area contributed by atoms with Gasteiger partial charge in [0.15, 0.2) is 8.07 Å². The van der Waals surface area contributed by atoms with Crippen molar-refractivity contribution in [2.24, 2.45) is 0 Å². The Morgan fingerprint density at radius 1 is 0.193 bits per heavy atom. The van der Waals surface area contributed by atoms with Gasteiger partial charge in [-0.15, -0.1) is 0 Å². The summed E-state index contributed by atoms with van der Waals surface area (Å²) >= 11 is 0. The van der Waals surface area contributed by atoms with Crippen molar-refractivity contribution >= 4 is 82.7 Å². The Labute approximate surface area is 489 Å². The Balaban J connectivity index is 0.000000259. The third-order valence-corrected chi connectivity index (χ3v) is 21.6. The fraction of sp³-hybridized carbons (Fsp3) is 0. The van der Waals surface area contributed by atoms with E-state index in [4.69, 9.17) is 0 Å². The van der Waals surface area contributed by atoms with Crippen LogP contribution in [0.1, 0.15) is 0 Å². The van der Waals surface area contributed by atoms with E-state index in [1.165, 1.54) is 122 Å². The Bertz CT molecular complexity index is 4080. The smallest absolute Gasteiger partial charge is 0.179 e. The fourth-order valence-corrected chi connectivity index (χ4v) is 17.9. The summed E-state index contributed by atoms with van der Waals surface area (Å²) in [6.07, 6.45) is 0. The van der Waals surface area contributed by atoms with E-state index >= 15 is 0 Å². The molecule has 389 valence electrons. The van der Waals surface area contributed by atoms with Crippen LogP contribution in [0.5, 0.6) is 0 Å². The molecule has 0 bridgehead atoms. The highest BCUT2D eigenvalue weighted by molar-refractivity contribution is 7.19. The Morgan fingerprint density at radius 2 is 0.410 bits per heavy atom. The summed E-state index contributed by atoms with van der Waals surface area (Å²) in [4.78, 5) is 4.90. The molecule has 16 rings (SSSR count). The van der Waals surface area contributed by atoms with Crippen molar-refractivity contribution in [3.63, 3.8) is 0 Å². The highest BCUT2D eigenvalue weighted by Crippen LogP contribution is 2.52. The molecule has 0 atom stereocenters. The molecule has 0 aromatic heterocycles. The average molecular weight is 1070 g/mol. The Kier molecular flexibility index (Phi) is 13.2. The molecule has 13 aromatic carbocycles. The first-order chi connectivity index (χ1) is 40.7. The molecule has 0 aliphatic carbocycles. The van der Waals surface area contributed by atoms with Gasteiger partial charge in [-0.25, -0.2) is 0 Å².